The van der Waals surface area contributed by atoms with Crippen LogP contribution in [0.25, 0.3) is 11.1 Å². The van der Waals surface area contributed by atoms with Gasteiger partial charge in [-0.25, -0.2) is 9.78 Å². The third-order valence-corrected chi connectivity index (χ3v) is 4.69. The van der Waals surface area contributed by atoms with E-state index in [-0.39, 0.29) is 11.5 Å². The second-order valence-corrected chi connectivity index (χ2v) is 6.64. The predicted octanol–water partition coefficient (Wildman–Crippen LogP) is 2.57. The first-order chi connectivity index (χ1) is 13.1. The van der Waals surface area contributed by atoms with Gasteiger partial charge < -0.3 is 18.9 Å². The third kappa shape index (κ3) is 3.64. The fraction of sp³-hybridized carbons (Fsp3) is 0.350. The van der Waals surface area contributed by atoms with Gasteiger partial charge in [0.05, 0.1) is 6.61 Å². The van der Waals surface area contributed by atoms with Gasteiger partial charge in [-0.15, -0.1) is 0 Å². The topological polar surface area (TPSA) is 94.6 Å². The number of oxazole rings is 1. The summed E-state index contributed by atoms with van der Waals surface area (Å²) in [5, 5.41) is 2.74. The molecule has 1 aliphatic heterocycles. The molecule has 140 valence electrons. The lowest BCUT2D eigenvalue weighted by Crippen LogP contribution is -2.31. The molecule has 0 spiro atoms. The van der Waals surface area contributed by atoms with E-state index in [1.165, 1.54) is 0 Å². The molecule has 1 amide bonds. The molecule has 0 saturated carbocycles. The van der Waals surface area contributed by atoms with E-state index in [1.807, 2.05) is 24.3 Å². The first-order valence-electron chi connectivity index (χ1n) is 8.97. The highest BCUT2D eigenvalue weighted by molar-refractivity contribution is 5.95. The van der Waals surface area contributed by atoms with Crippen LogP contribution < -0.4 is 10.9 Å². The van der Waals surface area contributed by atoms with Crippen molar-refractivity contribution in [3.8, 4) is 0 Å². The molecule has 0 bridgehead atoms. The Hall–Kier alpha value is -2.93. The highest BCUT2D eigenvalue weighted by Crippen LogP contribution is 2.25. The zero-order valence-electron chi connectivity index (χ0n) is 15.0. The van der Waals surface area contributed by atoms with E-state index < -0.39 is 11.5 Å². The molecule has 1 fully saturated rings. The molecule has 1 unspecified atom stereocenters. The summed E-state index contributed by atoms with van der Waals surface area (Å²) in [5.74, 6) is 0.745. The molecule has 3 aromatic rings. The Balaban J connectivity index is 1.42. The van der Waals surface area contributed by atoms with E-state index in [1.54, 1.807) is 13.0 Å². The number of carbonyl (C=O) groups is 1. The summed E-state index contributed by atoms with van der Waals surface area (Å²) in [6.07, 6.45) is 1.25. The number of hydrogen-bond donors (Lipinski definition) is 1. The van der Waals surface area contributed by atoms with Crippen molar-refractivity contribution in [3.05, 3.63) is 63.5 Å². The van der Waals surface area contributed by atoms with Crippen LogP contribution in [-0.4, -0.2) is 30.6 Å². The summed E-state index contributed by atoms with van der Waals surface area (Å²) < 4.78 is 16.3. The Morgan fingerprint density at radius 3 is 2.89 bits per heavy atom. The van der Waals surface area contributed by atoms with Crippen LogP contribution in [0.5, 0.6) is 0 Å². The predicted molar refractivity (Wildman–Crippen MR) is 97.9 cm³/mol. The van der Waals surface area contributed by atoms with Gasteiger partial charge in [-0.05, 0) is 37.1 Å². The molecule has 7 nitrogen and oxygen atoms in total. The van der Waals surface area contributed by atoms with Crippen molar-refractivity contribution >= 4 is 17.0 Å². The highest BCUT2D eigenvalue weighted by Gasteiger charge is 2.24. The van der Waals surface area contributed by atoms with E-state index in [2.05, 4.69) is 10.3 Å². The monoisotopic (exact) mass is 368 g/mol. The third-order valence-electron chi connectivity index (χ3n) is 4.69. The Labute approximate surface area is 155 Å². The van der Waals surface area contributed by atoms with Gasteiger partial charge in [0.2, 0.25) is 0 Å². The minimum Gasteiger partial charge on any atom is -0.441 e. The highest BCUT2D eigenvalue weighted by atomic mass is 16.5. The summed E-state index contributed by atoms with van der Waals surface area (Å²) in [5.41, 5.74) is 1.52. The molecule has 7 heteroatoms. The van der Waals surface area contributed by atoms with Crippen molar-refractivity contribution in [2.45, 2.75) is 25.7 Å². The number of para-hydroxylation sites is 2. The van der Waals surface area contributed by atoms with Crippen LogP contribution in [0.1, 0.15) is 39.9 Å². The van der Waals surface area contributed by atoms with Gasteiger partial charge in [0.25, 0.3) is 5.91 Å². The minimum absolute atomic E-state index is 0.0373. The van der Waals surface area contributed by atoms with Gasteiger partial charge >= 0.3 is 5.63 Å². The molecular weight excluding hydrogens is 348 g/mol. The average Bonchev–Trinajstić information content (AvgIpc) is 3.30. The van der Waals surface area contributed by atoms with Crippen LogP contribution in [0.2, 0.25) is 0 Å². The van der Waals surface area contributed by atoms with Gasteiger partial charge in [0.1, 0.15) is 16.8 Å². The molecule has 0 aliphatic carbocycles. The summed E-state index contributed by atoms with van der Waals surface area (Å²) >= 11 is 0. The summed E-state index contributed by atoms with van der Waals surface area (Å²) in [7, 11) is 0. The Morgan fingerprint density at radius 1 is 1.30 bits per heavy atom. The van der Waals surface area contributed by atoms with Crippen LogP contribution in [0.4, 0.5) is 0 Å². The lowest BCUT2D eigenvalue weighted by molar-refractivity contribution is 0.0948. The number of aryl methyl sites for hydroxylation is 1. The molecule has 1 saturated heterocycles. The number of fused-ring (bicyclic) bond motifs is 1. The van der Waals surface area contributed by atoms with Crippen LogP contribution in [0, 0.1) is 6.92 Å². The van der Waals surface area contributed by atoms with E-state index in [9.17, 15) is 9.59 Å². The van der Waals surface area contributed by atoms with Crippen molar-refractivity contribution in [3.63, 3.8) is 0 Å². The van der Waals surface area contributed by atoms with Gasteiger partial charge in [-0.3, -0.25) is 4.79 Å². The molecule has 0 radical (unpaired) electrons. The van der Waals surface area contributed by atoms with Crippen LogP contribution in [-0.2, 0) is 11.2 Å². The zero-order valence-corrected chi connectivity index (χ0v) is 15.0. The first-order valence-corrected chi connectivity index (χ1v) is 8.97. The number of hydrogen-bond acceptors (Lipinski definition) is 6. The maximum absolute atomic E-state index is 12.4. The first kappa shape index (κ1) is 17.5. The normalized spacial score (nSPS) is 16.7. The molecule has 1 N–H and O–H groups in total. The lowest BCUT2D eigenvalue weighted by atomic mass is 10.0. The molecular formula is C20H20N2O5. The Morgan fingerprint density at radius 2 is 2.15 bits per heavy atom. The van der Waals surface area contributed by atoms with Crippen molar-refractivity contribution in [1.29, 1.82) is 0 Å². The minimum atomic E-state index is -0.615. The van der Waals surface area contributed by atoms with Gasteiger partial charge in [0, 0.05) is 25.5 Å². The summed E-state index contributed by atoms with van der Waals surface area (Å²) in [6, 6.07) is 9.24. The molecule has 1 aromatic carbocycles. The van der Waals surface area contributed by atoms with Crippen molar-refractivity contribution in [1.82, 2.24) is 10.3 Å². The van der Waals surface area contributed by atoms with Crippen molar-refractivity contribution in [2.75, 3.05) is 19.8 Å². The Bertz CT molecular complexity index is 997. The van der Waals surface area contributed by atoms with Crippen LogP contribution >= 0.6 is 0 Å². The largest absolute Gasteiger partial charge is 0.441 e. The molecule has 3 heterocycles. The second-order valence-electron chi connectivity index (χ2n) is 6.64. The molecule has 1 aliphatic rings. The van der Waals surface area contributed by atoms with Crippen molar-refractivity contribution in [2.24, 2.45) is 0 Å². The smallest absolute Gasteiger partial charge is 0.349 e. The number of benzene rings is 1. The number of ether oxygens (including phenoxy) is 1. The number of aromatic nitrogens is 1. The van der Waals surface area contributed by atoms with E-state index in [0.29, 0.717) is 49.0 Å². The van der Waals surface area contributed by atoms with Crippen molar-refractivity contribution < 1.29 is 18.4 Å². The quantitative estimate of drug-likeness (QED) is 0.744. The fourth-order valence-electron chi connectivity index (χ4n) is 3.26. The zero-order chi connectivity index (χ0) is 18.8. The van der Waals surface area contributed by atoms with E-state index >= 15 is 0 Å². The maximum Gasteiger partial charge on any atom is 0.349 e. The van der Waals surface area contributed by atoms with Gasteiger partial charge in [-0.2, -0.15) is 0 Å². The summed E-state index contributed by atoms with van der Waals surface area (Å²) in [4.78, 5) is 29.1. The number of amides is 1. The number of nitrogens with zero attached hydrogens (tertiary/aromatic N) is 1. The molecule has 1 atom stereocenters. The van der Waals surface area contributed by atoms with E-state index in [0.717, 1.165) is 11.9 Å². The maximum atomic E-state index is 12.4. The van der Waals surface area contributed by atoms with E-state index in [4.69, 9.17) is 13.6 Å². The lowest BCUT2D eigenvalue weighted by Gasteiger charge is -2.10. The van der Waals surface area contributed by atoms with Gasteiger partial charge in [0.15, 0.2) is 11.5 Å². The van der Waals surface area contributed by atoms with Gasteiger partial charge in [-0.1, -0.05) is 12.1 Å². The standard InChI is InChI=1S/C20H20N2O5/c1-12-10-16(13-7-9-25-11-13)27-20(24)18(12)19(23)21-8-6-17-22-14-4-2-3-5-15(14)26-17/h2-5,10,13H,6-9,11H2,1H3,(H,21,23). The molecule has 27 heavy (non-hydrogen) atoms. The van der Waals surface area contributed by atoms with Crippen LogP contribution in [0.3, 0.4) is 0 Å². The number of rotatable bonds is 5. The average molecular weight is 368 g/mol. The SMILES string of the molecule is Cc1cc(C2CCOC2)oc(=O)c1C(=O)NCCc1nc2ccccc2o1. The molecule has 4 rings (SSSR count). The second kappa shape index (κ2) is 7.36. The Kier molecular flexibility index (Phi) is 4.77. The number of carbonyl (C=O) groups excluding carboxylic acids is 1. The molecule has 2 aromatic heterocycles. The summed E-state index contributed by atoms with van der Waals surface area (Å²) in [6.45, 7) is 3.25. The van der Waals surface area contributed by atoms with Crippen LogP contribution in [0.15, 0.2) is 44.0 Å². The fourth-order valence-corrected chi connectivity index (χ4v) is 3.26. The number of nitrogens with one attached hydrogen (secondary N) is 1.